The molecule has 16 heteroatoms. The van der Waals surface area contributed by atoms with Crippen molar-refractivity contribution < 1.29 is 24.0 Å². The predicted molar refractivity (Wildman–Crippen MR) is 236 cm³/mol. The SMILES string of the molecule is CC1CCCC1N1C(=O)C2(CC2)c2cnc(NC3CCN(SN4CC5(CCN(C(=O)CCCCc6cccc(N(C)C7CCC(=O)NC7=O)c6N(C)C=O)CC5)C4)CC3)nc21. The van der Waals surface area contributed by atoms with Crippen LogP contribution in [-0.4, -0.2) is 125 Å². The number of imide groups is 1. The summed E-state index contributed by atoms with van der Waals surface area (Å²) in [5.41, 5.74) is 3.49. The monoisotopic (exact) mass is 854 g/mol. The molecule has 5 amide bonds. The van der Waals surface area contributed by atoms with E-state index in [1.807, 2.05) is 48.5 Å². The van der Waals surface area contributed by atoms with Crippen LogP contribution >= 0.6 is 12.1 Å². The fraction of sp³-hybridized carbons (Fsp3) is 0.667. The van der Waals surface area contributed by atoms with Gasteiger partial charge in [0.15, 0.2) is 0 Å². The molecule has 4 saturated heterocycles. The van der Waals surface area contributed by atoms with Crippen molar-refractivity contribution in [3.63, 3.8) is 0 Å². The van der Waals surface area contributed by atoms with Gasteiger partial charge < -0.3 is 20.0 Å². The Hall–Kier alpha value is -4.28. The largest absolute Gasteiger partial charge is 0.361 e. The van der Waals surface area contributed by atoms with E-state index in [0.29, 0.717) is 42.6 Å². The van der Waals surface area contributed by atoms with Gasteiger partial charge in [0.05, 0.1) is 16.8 Å². The standard InChI is InChI=1S/C45H62N10O5S/c1-30-8-6-11-34(30)55-40-33(45(18-19-45)42(55)60)26-46-43(49-40)47-32-16-22-53(23-17-32)61-54-27-44(28-54)20-24-52(25-21-44)38(58)13-5-4-9-31-10-7-12-35(39(31)50(2)29-56)51(3)36-14-15-37(57)48-41(36)59/h7,10,12,26,29-30,32,34,36H,4-6,8-9,11,13-25,27-28H2,1-3H3,(H,46,47,49)(H,48,57,59). The number of nitrogens with one attached hydrogen (secondary N) is 2. The molecule has 0 bridgehead atoms. The first-order chi connectivity index (χ1) is 29.5. The number of hydrogen-bond donors (Lipinski definition) is 2. The number of likely N-dealkylation sites (tertiary alicyclic amines) is 1. The van der Waals surface area contributed by atoms with E-state index < -0.39 is 6.04 Å². The minimum Gasteiger partial charge on any atom is -0.361 e. The lowest BCUT2D eigenvalue weighted by molar-refractivity contribution is -0.135. The zero-order chi connectivity index (χ0) is 42.5. The number of nitrogens with zero attached hydrogens (tertiary/aromatic N) is 8. The number of carbonyl (C=O) groups is 5. The van der Waals surface area contributed by atoms with Crippen LogP contribution in [0.25, 0.3) is 0 Å². The van der Waals surface area contributed by atoms with Crippen molar-refractivity contribution in [1.82, 2.24) is 28.8 Å². The molecule has 15 nitrogen and oxygen atoms in total. The maximum Gasteiger partial charge on any atom is 0.249 e. The van der Waals surface area contributed by atoms with Crippen LogP contribution in [0.2, 0.25) is 0 Å². The lowest BCUT2D eigenvalue weighted by Crippen LogP contribution is -2.59. The third-order valence-electron chi connectivity index (χ3n) is 15.0. The van der Waals surface area contributed by atoms with Gasteiger partial charge in [0.25, 0.3) is 0 Å². The molecule has 9 rings (SSSR count). The number of amides is 5. The van der Waals surface area contributed by atoms with Crippen molar-refractivity contribution in [2.45, 2.75) is 127 Å². The molecule has 3 atom stereocenters. The fourth-order valence-electron chi connectivity index (χ4n) is 11.1. The van der Waals surface area contributed by atoms with Crippen LogP contribution < -0.4 is 25.3 Å². The molecule has 0 radical (unpaired) electrons. The van der Waals surface area contributed by atoms with Gasteiger partial charge in [-0.2, -0.15) is 4.98 Å². The molecule has 1 aromatic carbocycles. The summed E-state index contributed by atoms with van der Waals surface area (Å²) >= 11 is 1.88. The third-order valence-corrected chi connectivity index (χ3v) is 16.1. The number of benzene rings is 1. The highest BCUT2D eigenvalue weighted by atomic mass is 32.2. The zero-order valence-electron chi connectivity index (χ0n) is 36.1. The average molecular weight is 855 g/mol. The number of unbranched alkanes of at least 4 members (excludes halogenated alkanes) is 1. The number of para-hydroxylation sites is 1. The number of carbonyl (C=O) groups excluding carboxylic acids is 5. The van der Waals surface area contributed by atoms with E-state index >= 15 is 0 Å². The molecule has 5 aliphatic heterocycles. The van der Waals surface area contributed by atoms with Crippen molar-refractivity contribution in [2.24, 2.45) is 11.3 Å². The number of piperidine rings is 3. The van der Waals surface area contributed by atoms with E-state index in [2.05, 4.69) is 36.0 Å². The van der Waals surface area contributed by atoms with Crippen LogP contribution in [0.15, 0.2) is 24.4 Å². The Bertz CT molecular complexity index is 2020. The Kier molecular flexibility index (Phi) is 11.8. The third kappa shape index (κ3) is 8.24. The van der Waals surface area contributed by atoms with Crippen molar-refractivity contribution in [1.29, 1.82) is 0 Å². The van der Waals surface area contributed by atoms with E-state index in [9.17, 15) is 24.0 Å². The minimum absolute atomic E-state index is 0.222. The molecule has 1 aromatic heterocycles. The summed E-state index contributed by atoms with van der Waals surface area (Å²) in [5, 5.41) is 6.06. The molecule has 3 unspecified atom stereocenters. The Labute approximate surface area is 364 Å². The molecule has 6 fully saturated rings. The molecule has 6 heterocycles. The maximum absolute atomic E-state index is 13.6. The summed E-state index contributed by atoms with van der Waals surface area (Å²) in [5.74, 6) is 1.91. The van der Waals surface area contributed by atoms with Crippen LogP contribution in [0.1, 0.15) is 108 Å². The Morgan fingerprint density at radius 3 is 2.44 bits per heavy atom. The lowest BCUT2D eigenvalue weighted by atomic mass is 9.73. The number of hydrogen-bond acceptors (Lipinski definition) is 12. The van der Waals surface area contributed by atoms with Crippen molar-refractivity contribution in [3.8, 4) is 0 Å². The van der Waals surface area contributed by atoms with Crippen LogP contribution in [0, 0.1) is 11.3 Å². The molecule has 2 aliphatic carbocycles. The topological polar surface area (TPSA) is 155 Å². The van der Waals surface area contributed by atoms with E-state index in [1.165, 1.54) is 12.8 Å². The molecular formula is C45H62N10O5S. The first-order valence-electron chi connectivity index (χ1n) is 22.8. The summed E-state index contributed by atoms with van der Waals surface area (Å²) in [4.78, 5) is 80.5. The highest BCUT2D eigenvalue weighted by molar-refractivity contribution is 7.94. The van der Waals surface area contributed by atoms with Crippen LogP contribution in [0.5, 0.6) is 0 Å². The summed E-state index contributed by atoms with van der Waals surface area (Å²) in [6.45, 7) is 8.01. The molecule has 61 heavy (non-hydrogen) atoms. The molecule has 2 aromatic rings. The van der Waals surface area contributed by atoms with Crippen LogP contribution in [0.4, 0.5) is 23.1 Å². The van der Waals surface area contributed by atoms with Gasteiger partial charge in [-0.25, -0.2) is 13.6 Å². The Balaban J connectivity index is 0.690. The Morgan fingerprint density at radius 2 is 1.75 bits per heavy atom. The number of aromatic nitrogens is 2. The maximum atomic E-state index is 13.6. The van der Waals surface area contributed by atoms with E-state index in [0.717, 1.165) is 132 Å². The number of rotatable bonds is 14. The van der Waals surface area contributed by atoms with Gasteiger partial charge in [0, 0.05) is 108 Å². The molecule has 7 aliphatic rings. The number of anilines is 4. The predicted octanol–water partition coefficient (Wildman–Crippen LogP) is 4.65. The molecule has 2 saturated carbocycles. The molecule has 328 valence electrons. The summed E-state index contributed by atoms with van der Waals surface area (Å²) < 4.78 is 4.98. The quantitative estimate of drug-likeness (QED) is 0.118. The molecular weight excluding hydrogens is 793 g/mol. The van der Waals surface area contributed by atoms with Gasteiger partial charge in [0.2, 0.25) is 36.0 Å². The van der Waals surface area contributed by atoms with Gasteiger partial charge in [-0.3, -0.25) is 34.2 Å². The average Bonchev–Trinajstić information content (AvgIpc) is 3.90. The zero-order valence-corrected chi connectivity index (χ0v) is 36.9. The fourth-order valence-corrected chi connectivity index (χ4v) is 12.4. The first-order valence-corrected chi connectivity index (χ1v) is 23.5. The van der Waals surface area contributed by atoms with E-state index in [4.69, 9.17) is 9.97 Å². The highest BCUT2D eigenvalue weighted by Gasteiger charge is 2.62. The van der Waals surface area contributed by atoms with Crippen LogP contribution in [0.3, 0.4) is 0 Å². The van der Waals surface area contributed by atoms with Crippen molar-refractivity contribution in [3.05, 3.63) is 35.5 Å². The van der Waals surface area contributed by atoms with Crippen molar-refractivity contribution in [2.75, 3.05) is 73.4 Å². The Morgan fingerprint density at radius 1 is 0.984 bits per heavy atom. The van der Waals surface area contributed by atoms with E-state index in [1.54, 1.807) is 11.9 Å². The second-order valence-electron chi connectivity index (χ2n) is 19.1. The number of likely N-dealkylation sites (N-methyl/N-ethyl adjacent to an activating group) is 1. The smallest absolute Gasteiger partial charge is 0.249 e. The molecule has 2 N–H and O–H groups in total. The second-order valence-corrected chi connectivity index (χ2v) is 20.3. The highest BCUT2D eigenvalue weighted by Crippen LogP contribution is 2.58. The van der Waals surface area contributed by atoms with Gasteiger partial charge in [-0.05, 0) is 94.6 Å². The summed E-state index contributed by atoms with van der Waals surface area (Å²) in [7, 11) is 3.54. The molecule has 2 spiro atoms. The lowest BCUT2D eigenvalue weighted by Gasteiger charge is -2.54. The van der Waals surface area contributed by atoms with Gasteiger partial charge >= 0.3 is 0 Å². The number of fused-ring (bicyclic) bond motifs is 2. The van der Waals surface area contributed by atoms with Crippen LogP contribution in [-0.2, 0) is 35.8 Å². The van der Waals surface area contributed by atoms with Gasteiger partial charge in [-0.1, -0.05) is 25.5 Å². The first kappa shape index (κ1) is 42.0. The summed E-state index contributed by atoms with van der Waals surface area (Å²) in [6.07, 6.45) is 15.5. The normalized spacial score (nSPS) is 26.0. The second kappa shape index (κ2) is 17.1. The van der Waals surface area contributed by atoms with E-state index in [-0.39, 0.29) is 41.5 Å². The number of aryl methyl sites for hydroxylation is 1. The minimum atomic E-state index is -0.498. The van der Waals surface area contributed by atoms with Crippen molar-refractivity contribution >= 4 is 65.3 Å². The summed E-state index contributed by atoms with van der Waals surface area (Å²) in [6, 6.07) is 5.90. The van der Waals surface area contributed by atoms with Gasteiger partial charge in [-0.15, -0.1) is 0 Å². The van der Waals surface area contributed by atoms with Gasteiger partial charge in [0.1, 0.15) is 11.9 Å².